The second-order valence-electron chi connectivity index (χ2n) is 4.10. The molecule has 0 radical (unpaired) electrons. The number of aromatic nitrogens is 1. The molecule has 1 atom stereocenters. The van der Waals surface area contributed by atoms with Crippen LogP contribution < -0.4 is 10.6 Å². The monoisotopic (exact) mass is 293 g/mol. The van der Waals surface area contributed by atoms with Crippen LogP contribution in [0.5, 0.6) is 0 Å². The predicted octanol–water partition coefficient (Wildman–Crippen LogP) is 2.07. The Labute approximate surface area is 121 Å². The maximum absolute atomic E-state index is 11.5. The molecule has 0 aliphatic heterocycles. The second-order valence-corrected chi connectivity index (χ2v) is 4.51. The molecule has 1 aromatic carbocycles. The standard InChI is InChI=1S/C13H15N3O3S/c1-3-18-12(17)8(2)14-13(20)15-11-9-6-4-5-7-10(9)19-16-11/h4-8H,3H2,1-2H3,(H2,14,15,16,20). The number of carbonyl (C=O) groups is 1. The van der Waals surface area contributed by atoms with Crippen LogP contribution in [0.4, 0.5) is 5.82 Å². The summed E-state index contributed by atoms with van der Waals surface area (Å²) in [7, 11) is 0. The Hall–Kier alpha value is -2.15. The van der Waals surface area contributed by atoms with E-state index in [1.54, 1.807) is 13.8 Å². The number of ether oxygens (including phenoxy) is 1. The van der Waals surface area contributed by atoms with Crippen LogP contribution in [-0.4, -0.2) is 28.9 Å². The molecule has 0 saturated heterocycles. The van der Waals surface area contributed by atoms with E-state index in [2.05, 4.69) is 15.8 Å². The molecule has 1 aromatic heterocycles. The van der Waals surface area contributed by atoms with Gasteiger partial charge in [0.05, 0.1) is 12.0 Å². The lowest BCUT2D eigenvalue weighted by Crippen LogP contribution is -2.41. The molecule has 1 heterocycles. The van der Waals surface area contributed by atoms with Gasteiger partial charge in [-0.15, -0.1) is 0 Å². The Bertz CT molecular complexity index is 626. The van der Waals surface area contributed by atoms with Crippen LogP contribution in [0.25, 0.3) is 11.0 Å². The molecular weight excluding hydrogens is 278 g/mol. The van der Waals surface area contributed by atoms with Crippen molar-refractivity contribution >= 4 is 40.1 Å². The average molecular weight is 293 g/mol. The third kappa shape index (κ3) is 3.24. The number of hydrogen-bond acceptors (Lipinski definition) is 5. The summed E-state index contributed by atoms with van der Waals surface area (Å²) in [5, 5.41) is 10.7. The van der Waals surface area contributed by atoms with Gasteiger partial charge in [-0.2, -0.15) is 0 Å². The van der Waals surface area contributed by atoms with Crippen LogP contribution in [0.2, 0.25) is 0 Å². The normalized spacial score (nSPS) is 11.9. The van der Waals surface area contributed by atoms with Crippen molar-refractivity contribution in [1.29, 1.82) is 0 Å². The summed E-state index contributed by atoms with van der Waals surface area (Å²) in [5.74, 6) is 0.149. The maximum atomic E-state index is 11.5. The summed E-state index contributed by atoms with van der Waals surface area (Å²) in [5.41, 5.74) is 0.663. The lowest BCUT2D eigenvalue weighted by Gasteiger charge is -2.14. The van der Waals surface area contributed by atoms with E-state index < -0.39 is 6.04 Å². The number of benzene rings is 1. The van der Waals surface area contributed by atoms with Gasteiger partial charge in [-0.05, 0) is 38.2 Å². The molecule has 0 saturated carbocycles. The third-order valence-electron chi connectivity index (χ3n) is 2.60. The number of anilines is 1. The Balaban J connectivity index is 1.99. The highest BCUT2D eigenvalue weighted by Gasteiger charge is 2.16. The quantitative estimate of drug-likeness (QED) is 0.660. The van der Waals surface area contributed by atoms with Gasteiger partial charge in [0, 0.05) is 0 Å². The first kappa shape index (κ1) is 14.3. The Morgan fingerprint density at radius 3 is 3.00 bits per heavy atom. The molecular formula is C13H15N3O3S. The first-order chi connectivity index (χ1) is 9.61. The topological polar surface area (TPSA) is 76.4 Å². The van der Waals surface area contributed by atoms with E-state index in [9.17, 15) is 4.79 Å². The van der Waals surface area contributed by atoms with Gasteiger partial charge >= 0.3 is 5.97 Å². The maximum Gasteiger partial charge on any atom is 0.328 e. The lowest BCUT2D eigenvalue weighted by molar-refractivity contribution is -0.144. The molecule has 2 N–H and O–H groups in total. The number of esters is 1. The molecule has 0 fully saturated rings. The van der Waals surface area contributed by atoms with Crippen molar-refractivity contribution in [1.82, 2.24) is 10.5 Å². The number of fused-ring (bicyclic) bond motifs is 1. The third-order valence-corrected chi connectivity index (χ3v) is 2.82. The van der Waals surface area contributed by atoms with Gasteiger partial charge < -0.3 is 19.9 Å². The van der Waals surface area contributed by atoms with Crippen LogP contribution in [0, 0.1) is 0 Å². The van der Waals surface area contributed by atoms with Crippen molar-refractivity contribution in [2.75, 3.05) is 11.9 Å². The fourth-order valence-electron chi connectivity index (χ4n) is 1.64. The van der Waals surface area contributed by atoms with E-state index in [4.69, 9.17) is 21.5 Å². The van der Waals surface area contributed by atoms with Gasteiger partial charge in [0.2, 0.25) is 0 Å². The number of carbonyl (C=O) groups excluding carboxylic acids is 1. The zero-order valence-electron chi connectivity index (χ0n) is 11.2. The lowest BCUT2D eigenvalue weighted by atomic mass is 10.2. The minimum atomic E-state index is -0.534. The molecule has 2 aromatic rings. The Kier molecular flexibility index (Phi) is 4.52. The Morgan fingerprint density at radius 1 is 1.50 bits per heavy atom. The highest BCUT2D eigenvalue weighted by Crippen LogP contribution is 2.21. The van der Waals surface area contributed by atoms with Crippen molar-refractivity contribution in [3.05, 3.63) is 24.3 Å². The molecule has 1 unspecified atom stereocenters. The summed E-state index contributed by atoms with van der Waals surface area (Å²) < 4.78 is 10.0. The molecule has 0 aliphatic carbocycles. The van der Waals surface area contributed by atoms with Crippen LogP contribution in [-0.2, 0) is 9.53 Å². The van der Waals surface area contributed by atoms with E-state index in [0.29, 0.717) is 18.0 Å². The first-order valence-corrected chi connectivity index (χ1v) is 6.61. The molecule has 6 nitrogen and oxygen atoms in total. The van der Waals surface area contributed by atoms with Gasteiger partial charge in [-0.25, -0.2) is 4.79 Å². The van der Waals surface area contributed by atoms with E-state index in [1.807, 2.05) is 24.3 Å². The SMILES string of the molecule is CCOC(=O)C(C)NC(=S)Nc1noc2ccccc12. The van der Waals surface area contributed by atoms with Crippen molar-refractivity contribution in [2.24, 2.45) is 0 Å². The van der Waals surface area contributed by atoms with Crippen molar-refractivity contribution in [3.8, 4) is 0 Å². The molecule has 0 spiro atoms. The minimum Gasteiger partial charge on any atom is -0.464 e. The molecule has 7 heteroatoms. The fourth-order valence-corrected chi connectivity index (χ4v) is 1.92. The number of hydrogen-bond donors (Lipinski definition) is 2. The first-order valence-electron chi connectivity index (χ1n) is 6.20. The number of thiocarbonyl (C=S) groups is 1. The summed E-state index contributed by atoms with van der Waals surface area (Å²) in [6, 6.07) is 6.88. The average Bonchev–Trinajstić information content (AvgIpc) is 2.82. The highest BCUT2D eigenvalue weighted by atomic mass is 32.1. The highest BCUT2D eigenvalue weighted by molar-refractivity contribution is 7.80. The van der Waals surface area contributed by atoms with Crippen molar-refractivity contribution in [3.63, 3.8) is 0 Å². The van der Waals surface area contributed by atoms with Crippen LogP contribution in [0.3, 0.4) is 0 Å². The zero-order valence-corrected chi connectivity index (χ0v) is 12.0. The number of nitrogens with one attached hydrogen (secondary N) is 2. The van der Waals surface area contributed by atoms with Gasteiger partial charge in [0.15, 0.2) is 16.5 Å². The summed E-state index contributed by atoms with van der Waals surface area (Å²) in [6.45, 7) is 3.76. The number of rotatable bonds is 4. The van der Waals surface area contributed by atoms with E-state index >= 15 is 0 Å². The van der Waals surface area contributed by atoms with Gasteiger partial charge in [0.1, 0.15) is 6.04 Å². The summed E-state index contributed by atoms with van der Waals surface area (Å²) in [4.78, 5) is 11.5. The number of para-hydroxylation sites is 1. The molecule has 0 aliphatic rings. The zero-order chi connectivity index (χ0) is 14.5. The van der Waals surface area contributed by atoms with Crippen molar-refractivity contribution < 1.29 is 14.1 Å². The smallest absolute Gasteiger partial charge is 0.328 e. The molecule has 2 rings (SSSR count). The molecule has 106 valence electrons. The largest absolute Gasteiger partial charge is 0.464 e. The Morgan fingerprint density at radius 2 is 2.25 bits per heavy atom. The number of nitrogens with zero attached hydrogens (tertiary/aromatic N) is 1. The minimum absolute atomic E-state index is 0.282. The summed E-state index contributed by atoms with van der Waals surface area (Å²) >= 11 is 5.13. The van der Waals surface area contributed by atoms with Crippen molar-refractivity contribution in [2.45, 2.75) is 19.9 Å². The van der Waals surface area contributed by atoms with Crippen LogP contribution in [0.15, 0.2) is 28.8 Å². The molecule has 20 heavy (non-hydrogen) atoms. The van der Waals surface area contributed by atoms with Crippen LogP contribution in [0.1, 0.15) is 13.8 Å². The van der Waals surface area contributed by atoms with Gasteiger partial charge in [-0.3, -0.25) is 0 Å². The van der Waals surface area contributed by atoms with Gasteiger partial charge in [-0.1, -0.05) is 17.3 Å². The predicted molar refractivity (Wildman–Crippen MR) is 79.5 cm³/mol. The van der Waals surface area contributed by atoms with E-state index in [1.165, 1.54) is 0 Å². The van der Waals surface area contributed by atoms with E-state index in [-0.39, 0.29) is 11.1 Å². The van der Waals surface area contributed by atoms with Gasteiger partial charge in [0.25, 0.3) is 0 Å². The van der Waals surface area contributed by atoms with Crippen LogP contribution >= 0.6 is 12.2 Å². The molecule has 0 bridgehead atoms. The van der Waals surface area contributed by atoms with E-state index in [0.717, 1.165) is 5.39 Å². The second kappa shape index (κ2) is 6.33. The summed E-state index contributed by atoms with van der Waals surface area (Å²) in [6.07, 6.45) is 0. The fraction of sp³-hybridized carbons (Fsp3) is 0.308. The molecule has 0 amide bonds.